The molecule has 2 aliphatic carbocycles. The van der Waals surface area contributed by atoms with Gasteiger partial charge in [0.2, 0.25) is 0 Å². The van der Waals surface area contributed by atoms with Crippen molar-refractivity contribution in [2.75, 3.05) is 0 Å². The highest BCUT2D eigenvalue weighted by molar-refractivity contribution is 6.29. The number of carbonyl (C=O) groups excluding carboxylic acids is 1. The van der Waals surface area contributed by atoms with E-state index < -0.39 is 0 Å². The van der Waals surface area contributed by atoms with Crippen molar-refractivity contribution in [1.29, 1.82) is 0 Å². The summed E-state index contributed by atoms with van der Waals surface area (Å²) < 4.78 is 0. The van der Waals surface area contributed by atoms with Crippen LogP contribution in [0.25, 0.3) is 33.5 Å². The highest BCUT2D eigenvalue weighted by Gasteiger charge is 2.32. The molecule has 2 aromatic carbocycles. The molecule has 1 aromatic heterocycles. The number of amides is 1. The minimum absolute atomic E-state index is 0.136. The summed E-state index contributed by atoms with van der Waals surface area (Å²) in [7, 11) is 0. The van der Waals surface area contributed by atoms with Crippen molar-refractivity contribution in [3.05, 3.63) is 70.3 Å². The van der Waals surface area contributed by atoms with Gasteiger partial charge in [0.15, 0.2) is 0 Å². The molecule has 2 heterocycles. The van der Waals surface area contributed by atoms with Gasteiger partial charge in [-0.25, -0.2) is 4.99 Å². The molecule has 0 radical (unpaired) electrons. The van der Waals surface area contributed by atoms with Gasteiger partial charge in [-0.1, -0.05) is 36.4 Å². The Bertz CT molecular complexity index is 1230. The maximum atomic E-state index is 12.5. The van der Waals surface area contributed by atoms with Crippen LogP contribution in [0.15, 0.2) is 53.1 Å². The third-order valence-corrected chi connectivity index (χ3v) is 5.19. The molecule has 3 heteroatoms. The first-order valence-electron chi connectivity index (χ1n) is 8.11. The van der Waals surface area contributed by atoms with Crippen LogP contribution in [-0.4, -0.2) is 17.1 Å². The quantitative estimate of drug-likeness (QED) is 0.646. The van der Waals surface area contributed by atoms with E-state index in [4.69, 9.17) is 0 Å². The lowest BCUT2D eigenvalue weighted by molar-refractivity contribution is 0.101. The average molecular weight is 308 g/mol. The number of nitrogens with zero attached hydrogens (tertiary/aromatic N) is 1. The number of hydrogen-bond acceptors (Lipinski definition) is 1. The number of nitrogens with one attached hydrogen (secondary N) is 1. The summed E-state index contributed by atoms with van der Waals surface area (Å²) in [6.07, 6.45) is 11.5. The second-order valence-corrected chi connectivity index (χ2v) is 6.42. The molecule has 0 saturated carbocycles. The predicted octanol–water partition coefficient (Wildman–Crippen LogP) is 4.63. The van der Waals surface area contributed by atoms with Crippen LogP contribution in [0.1, 0.15) is 33.5 Å². The Hall–Kier alpha value is -3.20. The van der Waals surface area contributed by atoms with E-state index in [1.165, 1.54) is 16.7 Å². The molecule has 24 heavy (non-hydrogen) atoms. The fourth-order valence-electron chi connectivity index (χ4n) is 4.22. The predicted molar refractivity (Wildman–Crippen MR) is 97.4 cm³/mol. The second-order valence-electron chi connectivity index (χ2n) is 6.42. The van der Waals surface area contributed by atoms with Crippen LogP contribution in [0.4, 0.5) is 0 Å². The number of rotatable bonds is 0. The lowest BCUT2D eigenvalue weighted by atomic mass is 9.89. The number of aromatic nitrogens is 1. The first-order valence-corrected chi connectivity index (χ1v) is 8.11. The van der Waals surface area contributed by atoms with Gasteiger partial charge in [0.25, 0.3) is 5.91 Å². The molecule has 3 aliphatic rings. The summed E-state index contributed by atoms with van der Waals surface area (Å²) in [4.78, 5) is 20.2. The molecule has 0 spiro atoms. The molecule has 3 nitrogen and oxygen atoms in total. The summed E-state index contributed by atoms with van der Waals surface area (Å²) in [5.41, 5.74) is 8.58. The molecule has 1 aliphatic heterocycles. The zero-order chi connectivity index (χ0) is 15.8. The summed E-state index contributed by atoms with van der Waals surface area (Å²) in [6.45, 7) is 0. The third kappa shape index (κ3) is 1.30. The molecular weight excluding hydrogens is 296 g/mol. The molecule has 3 aromatic rings. The molecule has 0 saturated heterocycles. The van der Waals surface area contributed by atoms with Crippen LogP contribution in [0, 0.1) is 0 Å². The minimum Gasteiger partial charge on any atom is -0.354 e. The summed E-state index contributed by atoms with van der Waals surface area (Å²) in [5.74, 6) is -0.136. The van der Waals surface area contributed by atoms with Gasteiger partial charge in [0, 0.05) is 39.2 Å². The van der Waals surface area contributed by atoms with Gasteiger partial charge >= 0.3 is 0 Å². The Morgan fingerprint density at radius 2 is 2.00 bits per heavy atom. The van der Waals surface area contributed by atoms with Crippen LogP contribution >= 0.6 is 0 Å². The van der Waals surface area contributed by atoms with Crippen molar-refractivity contribution in [2.24, 2.45) is 4.99 Å². The van der Waals surface area contributed by atoms with E-state index in [2.05, 4.69) is 46.4 Å². The number of aliphatic imine (C=N–C) groups is 1. The summed E-state index contributed by atoms with van der Waals surface area (Å²) in [5, 5.41) is 2.09. The number of benzene rings is 2. The maximum absolute atomic E-state index is 12.5. The summed E-state index contributed by atoms with van der Waals surface area (Å²) in [6, 6.07) is 8.16. The Labute approximate surface area is 137 Å². The van der Waals surface area contributed by atoms with E-state index >= 15 is 0 Å². The Kier molecular flexibility index (Phi) is 2.04. The SMILES string of the molecule is O=C1N=Cc2c3c(c4[nH]c5ccccc5c4c21)C=C1C=CCC=C13. The highest BCUT2D eigenvalue weighted by atomic mass is 16.1. The monoisotopic (exact) mass is 308 g/mol. The molecule has 112 valence electrons. The fraction of sp³-hybridized carbons (Fsp3) is 0.0476. The van der Waals surface area contributed by atoms with Crippen LogP contribution in [0.2, 0.25) is 0 Å². The van der Waals surface area contributed by atoms with E-state index in [1.54, 1.807) is 6.21 Å². The van der Waals surface area contributed by atoms with Gasteiger partial charge in [0.05, 0.1) is 11.1 Å². The van der Waals surface area contributed by atoms with Gasteiger partial charge in [-0.05, 0) is 29.7 Å². The van der Waals surface area contributed by atoms with Crippen molar-refractivity contribution in [3.63, 3.8) is 0 Å². The first-order chi connectivity index (χ1) is 11.8. The smallest absolute Gasteiger partial charge is 0.278 e. The fourth-order valence-corrected chi connectivity index (χ4v) is 4.22. The van der Waals surface area contributed by atoms with Crippen LogP contribution in [-0.2, 0) is 0 Å². The molecular formula is C21H12N2O. The standard InChI is InChI=1S/C21H12N2O/c24-21-19-15(10-22-21)17-12-6-2-1-5-11(12)9-14(17)20-18(19)13-7-3-4-8-16(13)23-20/h1,3-10,23H,2H2. The van der Waals surface area contributed by atoms with E-state index in [0.29, 0.717) is 0 Å². The topological polar surface area (TPSA) is 45.2 Å². The van der Waals surface area contributed by atoms with E-state index in [0.717, 1.165) is 44.9 Å². The molecule has 1 amide bonds. The number of fused-ring (bicyclic) bond motifs is 10. The van der Waals surface area contributed by atoms with E-state index in [-0.39, 0.29) is 5.91 Å². The average Bonchev–Trinajstić information content (AvgIpc) is 3.27. The van der Waals surface area contributed by atoms with E-state index in [9.17, 15) is 4.79 Å². The van der Waals surface area contributed by atoms with Crippen LogP contribution in [0.3, 0.4) is 0 Å². The second kappa shape index (κ2) is 4.01. The maximum Gasteiger partial charge on any atom is 0.278 e. The Morgan fingerprint density at radius 3 is 2.96 bits per heavy atom. The molecule has 0 atom stereocenters. The van der Waals surface area contributed by atoms with Crippen LogP contribution < -0.4 is 0 Å². The van der Waals surface area contributed by atoms with Crippen LogP contribution in [0.5, 0.6) is 0 Å². The van der Waals surface area contributed by atoms with Crippen molar-refractivity contribution >= 4 is 45.6 Å². The number of para-hydroxylation sites is 1. The molecule has 0 bridgehead atoms. The molecule has 1 N–H and O–H groups in total. The zero-order valence-corrected chi connectivity index (χ0v) is 12.8. The Balaban J connectivity index is 1.90. The zero-order valence-electron chi connectivity index (χ0n) is 12.8. The lowest BCUT2D eigenvalue weighted by Gasteiger charge is -2.12. The third-order valence-electron chi connectivity index (χ3n) is 5.19. The van der Waals surface area contributed by atoms with Gasteiger partial charge < -0.3 is 4.98 Å². The summed E-state index contributed by atoms with van der Waals surface area (Å²) >= 11 is 0. The number of aromatic amines is 1. The van der Waals surface area contributed by atoms with Crippen molar-refractivity contribution in [2.45, 2.75) is 6.42 Å². The minimum atomic E-state index is -0.136. The van der Waals surface area contributed by atoms with Gasteiger partial charge in [-0.3, -0.25) is 4.79 Å². The van der Waals surface area contributed by atoms with Crippen molar-refractivity contribution in [1.82, 2.24) is 4.98 Å². The molecule has 6 rings (SSSR count). The largest absolute Gasteiger partial charge is 0.354 e. The molecule has 0 unspecified atom stereocenters. The van der Waals surface area contributed by atoms with Gasteiger partial charge in [-0.2, -0.15) is 0 Å². The number of hydrogen-bond donors (Lipinski definition) is 1. The van der Waals surface area contributed by atoms with E-state index in [1.807, 2.05) is 12.1 Å². The first kappa shape index (κ1) is 12.3. The molecule has 0 fully saturated rings. The number of allylic oxidation sites excluding steroid dienone is 5. The van der Waals surface area contributed by atoms with Crippen molar-refractivity contribution < 1.29 is 4.79 Å². The van der Waals surface area contributed by atoms with Crippen molar-refractivity contribution in [3.8, 4) is 0 Å². The number of carbonyl (C=O) groups is 1. The van der Waals surface area contributed by atoms with Gasteiger partial charge in [-0.15, -0.1) is 0 Å². The Morgan fingerprint density at radius 1 is 1.08 bits per heavy atom. The highest BCUT2D eigenvalue weighted by Crippen LogP contribution is 2.47. The number of H-pyrrole nitrogens is 1. The normalized spacial score (nSPS) is 17.2. The lowest BCUT2D eigenvalue weighted by Crippen LogP contribution is -2.00. The van der Waals surface area contributed by atoms with Gasteiger partial charge in [0.1, 0.15) is 0 Å².